The van der Waals surface area contributed by atoms with Crippen LogP contribution in [0.5, 0.6) is 11.5 Å². The van der Waals surface area contributed by atoms with Gasteiger partial charge in [0.25, 0.3) is 0 Å². The lowest BCUT2D eigenvalue weighted by molar-refractivity contribution is 0.0899. The van der Waals surface area contributed by atoms with Gasteiger partial charge in [0.05, 0.1) is 16.1 Å². The van der Waals surface area contributed by atoms with Crippen LogP contribution in [0, 0.1) is 0 Å². The van der Waals surface area contributed by atoms with Crippen molar-refractivity contribution in [2.45, 2.75) is 19.4 Å². The fourth-order valence-electron chi connectivity index (χ4n) is 1.88. The van der Waals surface area contributed by atoms with Gasteiger partial charge in [0, 0.05) is 6.07 Å². The maximum atomic E-state index is 5.84. The number of hydrogen-bond donors (Lipinski definition) is 0. The van der Waals surface area contributed by atoms with Crippen LogP contribution in [0.2, 0.25) is 0 Å². The minimum atomic E-state index is 0.142. The Balaban J connectivity index is 2.18. The van der Waals surface area contributed by atoms with Crippen molar-refractivity contribution in [2.75, 3.05) is 6.61 Å². The Morgan fingerprint density at radius 2 is 2.38 bits per heavy atom. The van der Waals surface area contributed by atoms with Gasteiger partial charge in [0.2, 0.25) is 0 Å². The Labute approximate surface area is 101 Å². The molecule has 0 bridgehead atoms. The van der Waals surface area contributed by atoms with E-state index in [0.717, 1.165) is 33.4 Å². The van der Waals surface area contributed by atoms with E-state index in [1.807, 2.05) is 12.1 Å². The number of benzene rings is 1. The average Bonchev–Trinajstić information content (AvgIpc) is 2.78. The van der Waals surface area contributed by atoms with E-state index in [9.17, 15) is 0 Å². The van der Waals surface area contributed by atoms with Gasteiger partial charge in [-0.25, -0.2) is 0 Å². The molecule has 0 aliphatic carbocycles. The highest BCUT2D eigenvalue weighted by atomic mass is 79.9. The minimum Gasteiger partial charge on any atom is -0.485 e. The van der Waals surface area contributed by atoms with Crippen LogP contribution in [-0.4, -0.2) is 12.7 Å². The molecule has 3 rings (SSSR count). The molecule has 2 heterocycles. The summed E-state index contributed by atoms with van der Waals surface area (Å²) in [6.07, 6.45) is 2.74. The van der Waals surface area contributed by atoms with Crippen molar-refractivity contribution in [3.05, 3.63) is 22.9 Å². The highest BCUT2D eigenvalue weighted by molar-refractivity contribution is 9.10. The van der Waals surface area contributed by atoms with E-state index in [2.05, 4.69) is 22.9 Å². The molecule has 1 atom stereocenters. The highest BCUT2D eigenvalue weighted by Crippen LogP contribution is 2.43. The lowest BCUT2D eigenvalue weighted by atomic mass is 10.2. The van der Waals surface area contributed by atoms with Gasteiger partial charge >= 0.3 is 0 Å². The molecule has 0 saturated heterocycles. The van der Waals surface area contributed by atoms with Gasteiger partial charge in [-0.15, -0.1) is 0 Å². The largest absolute Gasteiger partial charge is 0.485 e. The van der Waals surface area contributed by atoms with E-state index in [1.54, 1.807) is 6.26 Å². The van der Waals surface area contributed by atoms with Gasteiger partial charge in [-0.3, -0.25) is 0 Å². The predicted molar refractivity (Wildman–Crippen MR) is 64.1 cm³/mol. The Kier molecular flexibility index (Phi) is 2.32. The predicted octanol–water partition coefficient (Wildman–Crippen LogP) is 3.75. The maximum Gasteiger partial charge on any atom is 0.172 e. The first kappa shape index (κ1) is 10.0. The van der Waals surface area contributed by atoms with Crippen LogP contribution in [0.25, 0.3) is 11.0 Å². The third-order valence-corrected chi connectivity index (χ3v) is 3.36. The van der Waals surface area contributed by atoms with E-state index in [0.29, 0.717) is 6.61 Å². The summed E-state index contributed by atoms with van der Waals surface area (Å²) in [6, 6.07) is 3.80. The first-order valence-corrected chi connectivity index (χ1v) is 6.08. The quantitative estimate of drug-likeness (QED) is 0.798. The molecule has 84 valence electrons. The molecular weight excluding hydrogens is 272 g/mol. The summed E-state index contributed by atoms with van der Waals surface area (Å²) >= 11 is 3.47. The number of hydrogen-bond acceptors (Lipinski definition) is 3. The molecule has 0 saturated carbocycles. The first-order valence-electron chi connectivity index (χ1n) is 5.28. The van der Waals surface area contributed by atoms with E-state index in [1.165, 1.54) is 0 Å². The Hall–Kier alpha value is -1.16. The van der Waals surface area contributed by atoms with Crippen LogP contribution in [0.4, 0.5) is 0 Å². The summed E-state index contributed by atoms with van der Waals surface area (Å²) in [5.74, 6) is 1.58. The molecule has 16 heavy (non-hydrogen) atoms. The van der Waals surface area contributed by atoms with Gasteiger partial charge in [0.1, 0.15) is 12.7 Å². The van der Waals surface area contributed by atoms with Gasteiger partial charge in [-0.05, 0) is 28.4 Å². The SMILES string of the molecule is CC[C@H]1COc2c(cc(Br)c3occc23)O1. The smallest absolute Gasteiger partial charge is 0.172 e. The van der Waals surface area contributed by atoms with Crippen molar-refractivity contribution in [3.63, 3.8) is 0 Å². The molecule has 1 aliphatic heterocycles. The summed E-state index contributed by atoms with van der Waals surface area (Å²) in [5, 5.41) is 0.957. The second-order valence-corrected chi connectivity index (χ2v) is 4.66. The number of halogens is 1. The van der Waals surface area contributed by atoms with Gasteiger partial charge in [-0.2, -0.15) is 0 Å². The summed E-state index contributed by atoms with van der Waals surface area (Å²) < 4.78 is 17.9. The Bertz CT molecular complexity index is 532. The second-order valence-electron chi connectivity index (χ2n) is 3.81. The van der Waals surface area contributed by atoms with Crippen molar-refractivity contribution < 1.29 is 13.9 Å². The summed E-state index contributed by atoms with van der Waals surface area (Å²) in [7, 11) is 0. The lowest BCUT2D eigenvalue weighted by Gasteiger charge is -2.26. The zero-order chi connectivity index (χ0) is 11.1. The normalized spacial score (nSPS) is 19.0. The van der Waals surface area contributed by atoms with E-state index < -0.39 is 0 Å². The van der Waals surface area contributed by atoms with E-state index >= 15 is 0 Å². The van der Waals surface area contributed by atoms with Crippen LogP contribution in [0.1, 0.15) is 13.3 Å². The molecule has 1 aliphatic rings. The van der Waals surface area contributed by atoms with Gasteiger partial charge in [-0.1, -0.05) is 6.92 Å². The van der Waals surface area contributed by atoms with Crippen LogP contribution in [0.3, 0.4) is 0 Å². The van der Waals surface area contributed by atoms with Crippen molar-refractivity contribution in [1.82, 2.24) is 0 Å². The monoisotopic (exact) mass is 282 g/mol. The fourth-order valence-corrected chi connectivity index (χ4v) is 2.39. The highest BCUT2D eigenvalue weighted by Gasteiger charge is 2.23. The molecule has 1 aromatic heterocycles. The molecule has 0 unspecified atom stereocenters. The molecule has 0 spiro atoms. The molecule has 4 heteroatoms. The molecule has 0 radical (unpaired) electrons. The Morgan fingerprint density at radius 3 is 3.19 bits per heavy atom. The first-order chi connectivity index (χ1) is 7.79. The standard InChI is InChI=1S/C12H11BrO3/c1-2-7-6-15-12-8-3-4-14-11(8)9(13)5-10(12)16-7/h3-5,7H,2,6H2,1H3/t7-/m0/s1. The number of rotatable bonds is 1. The van der Waals surface area contributed by atoms with Crippen molar-refractivity contribution >= 4 is 26.9 Å². The molecule has 0 N–H and O–H groups in total. The topological polar surface area (TPSA) is 31.6 Å². The van der Waals surface area contributed by atoms with Gasteiger partial charge in [0.15, 0.2) is 17.1 Å². The van der Waals surface area contributed by atoms with Crippen molar-refractivity contribution in [3.8, 4) is 11.5 Å². The molecule has 2 aromatic rings. The fraction of sp³-hybridized carbons (Fsp3) is 0.333. The number of fused-ring (bicyclic) bond motifs is 3. The van der Waals surface area contributed by atoms with E-state index in [4.69, 9.17) is 13.9 Å². The minimum absolute atomic E-state index is 0.142. The third-order valence-electron chi connectivity index (χ3n) is 2.77. The number of ether oxygens (including phenoxy) is 2. The third kappa shape index (κ3) is 1.40. The summed E-state index contributed by atoms with van der Waals surface area (Å²) in [4.78, 5) is 0. The van der Waals surface area contributed by atoms with E-state index in [-0.39, 0.29) is 6.10 Å². The summed E-state index contributed by atoms with van der Waals surface area (Å²) in [5.41, 5.74) is 0.803. The Morgan fingerprint density at radius 1 is 1.50 bits per heavy atom. The van der Waals surface area contributed by atoms with Crippen LogP contribution < -0.4 is 9.47 Å². The average molecular weight is 283 g/mol. The maximum absolute atomic E-state index is 5.84. The van der Waals surface area contributed by atoms with Crippen LogP contribution >= 0.6 is 15.9 Å². The van der Waals surface area contributed by atoms with Crippen molar-refractivity contribution in [1.29, 1.82) is 0 Å². The van der Waals surface area contributed by atoms with Crippen LogP contribution in [0.15, 0.2) is 27.3 Å². The van der Waals surface area contributed by atoms with Crippen molar-refractivity contribution in [2.24, 2.45) is 0 Å². The zero-order valence-corrected chi connectivity index (χ0v) is 10.4. The second kappa shape index (κ2) is 3.70. The number of furan rings is 1. The molecule has 0 fully saturated rings. The lowest BCUT2D eigenvalue weighted by Crippen LogP contribution is -2.28. The molecule has 3 nitrogen and oxygen atoms in total. The molecular formula is C12H11BrO3. The van der Waals surface area contributed by atoms with Gasteiger partial charge < -0.3 is 13.9 Å². The summed E-state index contributed by atoms with van der Waals surface area (Å²) in [6.45, 7) is 2.69. The van der Waals surface area contributed by atoms with Crippen LogP contribution in [-0.2, 0) is 0 Å². The zero-order valence-electron chi connectivity index (χ0n) is 8.83. The molecule has 0 amide bonds. The molecule has 1 aromatic carbocycles.